The van der Waals surface area contributed by atoms with E-state index < -0.39 is 80.2 Å². The van der Waals surface area contributed by atoms with Crippen molar-refractivity contribution in [1.82, 2.24) is 30.6 Å². The SMILES string of the molecule is CCC(C)S(=O)(=O)NC(=O)[C@@]12C[C@H]1/C=C\CCCCC[C@H](NC(=O)OC(C)(C)C)C(=O)N1C[C@H](NC(=O)c3ccc4ncccc4c3)C[C@H]1C(=O)N2. The number of pyridine rings is 1. The molecule has 1 saturated heterocycles. The second kappa shape index (κ2) is 15.6. The molecule has 0 spiro atoms. The van der Waals surface area contributed by atoms with Crippen molar-refractivity contribution in [2.24, 2.45) is 5.92 Å². The first kappa shape index (κ1) is 38.7. The zero-order chi connectivity index (χ0) is 37.8. The van der Waals surface area contributed by atoms with Gasteiger partial charge in [-0.15, -0.1) is 0 Å². The Hall–Kier alpha value is -4.53. The van der Waals surface area contributed by atoms with Crippen LogP contribution >= 0.6 is 0 Å². The van der Waals surface area contributed by atoms with Gasteiger partial charge >= 0.3 is 6.09 Å². The van der Waals surface area contributed by atoms with Crippen LogP contribution in [0, 0.1) is 5.92 Å². The lowest BCUT2D eigenvalue weighted by molar-refractivity contribution is -0.141. The molecule has 3 heterocycles. The van der Waals surface area contributed by atoms with E-state index in [-0.39, 0.29) is 32.2 Å². The van der Waals surface area contributed by atoms with Gasteiger partial charge in [0, 0.05) is 35.7 Å². The predicted molar refractivity (Wildman–Crippen MR) is 194 cm³/mol. The number of fused-ring (bicyclic) bond motifs is 3. The number of alkyl carbamates (subject to hydrolysis) is 1. The smallest absolute Gasteiger partial charge is 0.408 e. The summed E-state index contributed by atoms with van der Waals surface area (Å²) in [4.78, 5) is 74.3. The maximum absolute atomic E-state index is 14.3. The van der Waals surface area contributed by atoms with Crippen LogP contribution in [0.2, 0.25) is 0 Å². The molecular formula is C37H50N6O8S. The van der Waals surface area contributed by atoms with Crippen molar-refractivity contribution in [2.75, 3.05) is 6.54 Å². The highest BCUT2D eigenvalue weighted by molar-refractivity contribution is 7.90. The summed E-state index contributed by atoms with van der Waals surface area (Å²) in [6.45, 7) is 8.29. The Bertz CT molecular complexity index is 1840. The van der Waals surface area contributed by atoms with Gasteiger partial charge in [-0.05, 0) is 90.5 Å². The highest BCUT2D eigenvalue weighted by atomic mass is 32.2. The topological polar surface area (TPSA) is 193 Å². The Morgan fingerprint density at radius 2 is 1.88 bits per heavy atom. The molecule has 1 unspecified atom stereocenters. The van der Waals surface area contributed by atoms with E-state index in [2.05, 4.69) is 25.7 Å². The number of sulfonamides is 1. The fourth-order valence-electron chi connectivity index (χ4n) is 6.70. The summed E-state index contributed by atoms with van der Waals surface area (Å²) in [5.41, 5.74) is -1.27. The fourth-order valence-corrected chi connectivity index (χ4v) is 7.78. The summed E-state index contributed by atoms with van der Waals surface area (Å²) < 4.78 is 33.5. The van der Waals surface area contributed by atoms with Crippen LogP contribution in [0.5, 0.6) is 0 Å². The zero-order valence-corrected chi connectivity index (χ0v) is 31.3. The number of nitrogens with zero attached hydrogens (tertiary/aromatic N) is 2. The Kier molecular flexibility index (Phi) is 11.6. The van der Waals surface area contributed by atoms with Crippen LogP contribution < -0.4 is 20.7 Å². The molecule has 5 amide bonds. The van der Waals surface area contributed by atoms with Crippen LogP contribution in [0.25, 0.3) is 10.9 Å². The summed E-state index contributed by atoms with van der Waals surface area (Å²) in [5, 5.41) is 8.43. The summed E-state index contributed by atoms with van der Waals surface area (Å²) in [7, 11) is -4.02. The second-order valence-corrected chi connectivity index (χ2v) is 17.2. The Balaban J connectivity index is 1.44. The van der Waals surface area contributed by atoms with Gasteiger partial charge in [-0.3, -0.25) is 28.9 Å². The number of benzene rings is 1. The van der Waals surface area contributed by atoms with Crippen LogP contribution in [0.15, 0.2) is 48.7 Å². The molecule has 15 heteroatoms. The molecule has 2 aromatic rings. The minimum absolute atomic E-state index is 0.0149. The molecule has 5 rings (SSSR count). The number of amides is 5. The van der Waals surface area contributed by atoms with E-state index in [0.717, 1.165) is 23.7 Å². The molecule has 1 aromatic carbocycles. The quantitative estimate of drug-likeness (QED) is 0.308. The molecule has 2 fully saturated rings. The first-order valence-corrected chi connectivity index (χ1v) is 19.6. The van der Waals surface area contributed by atoms with Gasteiger partial charge in [-0.25, -0.2) is 13.2 Å². The van der Waals surface area contributed by atoms with E-state index in [9.17, 15) is 32.4 Å². The van der Waals surface area contributed by atoms with Crippen LogP contribution in [0.1, 0.15) is 96.3 Å². The number of aromatic nitrogens is 1. The van der Waals surface area contributed by atoms with Crippen molar-refractivity contribution < 1.29 is 37.1 Å². The molecule has 14 nitrogen and oxygen atoms in total. The number of carbonyl (C=O) groups is 5. The van der Waals surface area contributed by atoms with E-state index in [1.165, 1.54) is 11.8 Å². The highest BCUT2D eigenvalue weighted by Gasteiger charge is 2.61. The first-order chi connectivity index (χ1) is 24.5. The molecule has 1 aliphatic carbocycles. The second-order valence-electron chi connectivity index (χ2n) is 15.1. The largest absolute Gasteiger partial charge is 0.444 e. The van der Waals surface area contributed by atoms with Gasteiger partial charge in [-0.1, -0.05) is 38.0 Å². The molecular weight excluding hydrogens is 689 g/mol. The van der Waals surface area contributed by atoms with Crippen molar-refractivity contribution in [3.05, 3.63) is 54.2 Å². The van der Waals surface area contributed by atoms with Gasteiger partial charge in [0.25, 0.3) is 11.8 Å². The standard InChI is InChI=1S/C37H50N6O8S/c1-6-23(2)52(49,50)42-34(47)37-21-26(37)14-10-8-7-9-11-15-29(40-35(48)51-36(3,4)5)33(46)43-22-27(20-30(43)32(45)41-37)39-31(44)25-16-17-28-24(19-25)13-12-18-38-28/h10,12-14,16-19,23,26-27,29-30H,6-9,11,15,20-22H2,1-5H3,(H,39,44)(H,40,48)(H,41,45)(H,42,47)/b14-10-/t23?,26-,27-,29+,30+,37-/m1/s1. The van der Waals surface area contributed by atoms with Crippen molar-refractivity contribution in [2.45, 2.75) is 121 Å². The Labute approximate surface area is 304 Å². The van der Waals surface area contributed by atoms with Gasteiger partial charge in [0.2, 0.25) is 21.8 Å². The molecule has 52 heavy (non-hydrogen) atoms. The predicted octanol–water partition coefficient (Wildman–Crippen LogP) is 3.47. The summed E-state index contributed by atoms with van der Waals surface area (Å²) in [6, 6.07) is 5.86. The number of allylic oxidation sites excluding steroid dienone is 1. The van der Waals surface area contributed by atoms with E-state index >= 15 is 0 Å². The molecule has 1 aromatic heterocycles. The van der Waals surface area contributed by atoms with Gasteiger partial charge < -0.3 is 25.6 Å². The van der Waals surface area contributed by atoms with Gasteiger partial charge in [0.05, 0.1) is 10.8 Å². The molecule has 282 valence electrons. The maximum atomic E-state index is 14.3. The van der Waals surface area contributed by atoms with Gasteiger partial charge in [-0.2, -0.15) is 0 Å². The van der Waals surface area contributed by atoms with Crippen molar-refractivity contribution >= 4 is 50.6 Å². The molecule has 3 aliphatic rings. The molecule has 1 saturated carbocycles. The highest BCUT2D eigenvalue weighted by Crippen LogP contribution is 2.45. The van der Waals surface area contributed by atoms with Crippen LogP contribution in [-0.2, 0) is 29.1 Å². The maximum Gasteiger partial charge on any atom is 0.408 e. The lowest BCUT2D eigenvalue weighted by Crippen LogP contribution is -2.58. The Morgan fingerprint density at radius 3 is 2.62 bits per heavy atom. The van der Waals surface area contributed by atoms with Crippen molar-refractivity contribution in [3.8, 4) is 0 Å². The lowest BCUT2D eigenvalue weighted by Gasteiger charge is -2.30. The van der Waals surface area contributed by atoms with Crippen LogP contribution in [0.3, 0.4) is 0 Å². The van der Waals surface area contributed by atoms with Crippen LogP contribution in [0.4, 0.5) is 4.79 Å². The number of ether oxygens (including phenoxy) is 1. The minimum Gasteiger partial charge on any atom is -0.444 e. The third kappa shape index (κ3) is 9.09. The monoisotopic (exact) mass is 738 g/mol. The van der Waals surface area contributed by atoms with E-state index in [1.807, 2.05) is 18.2 Å². The van der Waals surface area contributed by atoms with E-state index in [4.69, 9.17) is 4.74 Å². The summed E-state index contributed by atoms with van der Waals surface area (Å²) in [6.07, 6.45) is 8.20. The van der Waals surface area contributed by atoms with Gasteiger partial charge in [0.1, 0.15) is 23.2 Å². The summed E-state index contributed by atoms with van der Waals surface area (Å²) >= 11 is 0. The first-order valence-electron chi connectivity index (χ1n) is 18.0. The average molecular weight is 739 g/mol. The molecule has 4 N–H and O–H groups in total. The normalized spacial score (nSPS) is 26.8. The number of hydrogen-bond donors (Lipinski definition) is 4. The van der Waals surface area contributed by atoms with E-state index in [1.54, 1.807) is 58.2 Å². The molecule has 0 radical (unpaired) electrons. The number of nitrogens with one attached hydrogen (secondary N) is 4. The van der Waals surface area contributed by atoms with Gasteiger partial charge in [0.15, 0.2) is 0 Å². The summed E-state index contributed by atoms with van der Waals surface area (Å²) in [5.74, 6) is -2.90. The third-order valence-electron chi connectivity index (χ3n) is 9.91. The van der Waals surface area contributed by atoms with Crippen molar-refractivity contribution in [1.29, 1.82) is 0 Å². The average Bonchev–Trinajstić information content (AvgIpc) is 3.62. The minimum atomic E-state index is -4.02. The number of rotatable bonds is 7. The molecule has 2 aliphatic heterocycles. The zero-order valence-electron chi connectivity index (χ0n) is 30.4. The van der Waals surface area contributed by atoms with E-state index in [0.29, 0.717) is 18.4 Å². The molecule has 0 bridgehead atoms. The number of hydrogen-bond acceptors (Lipinski definition) is 9. The number of carbonyl (C=O) groups excluding carboxylic acids is 5. The van der Waals surface area contributed by atoms with Crippen molar-refractivity contribution in [3.63, 3.8) is 0 Å². The molecule has 6 atom stereocenters. The van der Waals surface area contributed by atoms with Crippen LogP contribution in [-0.4, -0.2) is 89.1 Å². The lowest BCUT2D eigenvalue weighted by atomic mass is 10.0. The Morgan fingerprint density at radius 1 is 1.12 bits per heavy atom. The fraction of sp³-hybridized carbons (Fsp3) is 0.568. The third-order valence-corrected chi connectivity index (χ3v) is 11.8.